The highest BCUT2D eigenvalue weighted by Gasteiger charge is 2.23. The first-order valence-corrected chi connectivity index (χ1v) is 5.90. The summed E-state index contributed by atoms with van der Waals surface area (Å²) >= 11 is 1.54. The van der Waals surface area contributed by atoms with E-state index in [1.54, 1.807) is 11.3 Å². The van der Waals surface area contributed by atoms with Crippen LogP contribution >= 0.6 is 11.3 Å². The van der Waals surface area contributed by atoms with E-state index < -0.39 is 0 Å². The van der Waals surface area contributed by atoms with Gasteiger partial charge < -0.3 is 15.5 Å². The number of nitrogens with one attached hydrogen (secondary N) is 2. The van der Waals surface area contributed by atoms with E-state index in [-0.39, 0.29) is 11.9 Å². The van der Waals surface area contributed by atoms with Crippen LogP contribution in [0.1, 0.15) is 0 Å². The van der Waals surface area contributed by atoms with E-state index in [2.05, 4.69) is 15.5 Å². The lowest BCUT2D eigenvalue weighted by molar-refractivity contribution is -0.119. The Kier molecular flexibility index (Phi) is 3.35. The van der Waals surface area contributed by atoms with Crippen molar-refractivity contribution in [2.24, 2.45) is 0 Å². The van der Waals surface area contributed by atoms with E-state index in [9.17, 15) is 4.79 Å². The number of anilines is 1. The van der Waals surface area contributed by atoms with Gasteiger partial charge in [-0.15, -0.1) is 11.3 Å². The molecule has 1 amide bonds. The number of carbonyl (C=O) groups is 1. The Hall–Kier alpha value is -0.910. The van der Waals surface area contributed by atoms with Crippen molar-refractivity contribution in [1.29, 1.82) is 0 Å². The molecular formula is C10H15N3OS. The Balaban J connectivity index is 1.90. The normalized spacial score (nSPS) is 22.6. The van der Waals surface area contributed by atoms with Gasteiger partial charge in [0, 0.05) is 19.6 Å². The highest BCUT2D eigenvalue weighted by Crippen LogP contribution is 2.15. The molecule has 4 nitrogen and oxygen atoms in total. The fourth-order valence-electron chi connectivity index (χ4n) is 1.63. The van der Waals surface area contributed by atoms with Crippen molar-refractivity contribution >= 4 is 22.2 Å². The average molecular weight is 225 g/mol. The number of thiophene rings is 1. The second-order valence-electron chi connectivity index (χ2n) is 3.74. The van der Waals surface area contributed by atoms with Crippen molar-refractivity contribution in [2.45, 2.75) is 6.04 Å². The largest absolute Gasteiger partial charge is 0.316 e. The Morgan fingerprint density at radius 1 is 1.73 bits per heavy atom. The number of piperazine rings is 1. The fraction of sp³-hybridized carbons (Fsp3) is 0.500. The Morgan fingerprint density at radius 2 is 2.60 bits per heavy atom. The molecule has 1 aromatic rings. The molecule has 0 spiro atoms. The molecule has 2 N–H and O–H groups in total. The third-order valence-corrected chi connectivity index (χ3v) is 3.25. The van der Waals surface area contributed by atoms with Crippen molar-refractivity contribution in [3.63, 3.8) is 0 Å². The molecule has 1 unspecified atom stereocenters. The number of rotatable bonds is 2. The number of amides is 1. The first-order chi connectivity index (χ1) is 7.25. The van der Waals surface area contributed by atoms with Crippen molar-refractivity contribution in [1.82, 2.24) is 10.2 Å². The van der Waals surface area contributed by atoms with Crippen molar-refractivity contribution in [3.8, 4) is 0 Å². The summed E-state index contributed by atoms with van der Waals surface area (Å²) in [6.45, 7) is 2.65. The van der Waals surface area contributed by atoms with Gasteiger partial charge in [0.1, 0.15) is 0 Å². The number of hydrogen-bond donors (Lipinski definition) is 2. The van der Waals surface area contributed by atoms with Gasteiger partial charge >= 0.3 is 0 Å². The lowest BCUT2D eigenvalue weighted by Gasteiger charge is -2.29. The predicted molar refractivity (Wildman–Crippen MR) is 62.2 cm³/mol. The number of nitrogens with zero attached hydrogens (tertiary/aromatic N) is 1. The minimum absolute atomic E-state index is 0.0593. The molecule has 1 fully saturated rings. The maximum Gasteiger partial charge on any atom is 0.243 e. The molecule has 1 aromatic heterocycles. The molecule has 1 saturated heterocycles. The first kappa shape index (κ1) is 10.6. The lowest BCUT2D eigenvalue weighted by atomic mass is 10.2. The third kappa shape index (κ3) is 2.77. The molecule has 2 heterocycles. The predicted octanol–water partition coefficient (Wildman–Crippen LogP) is 0.590. The zero-order valence-electron chi connectivity index (χ0n) is 8.69. The third-order valence-electron chi connectivity index (χ3n) is 2.46. The molecule has 0 saturated carbocycles. The minimum atomic E-state index is -0.0918. The van der Waals surface area contributed by atoms with Crippen LogP contribution in [0.4, 0.5) is 5.00 Å². The number of likely N-dealkylation sites (N-methyl/N-ethyl adjacent to an activating group) is 1. The molecule has 0 radical (unpaired) electrons. The zero-order valence-corrected chi connectivity index (χ0v) is 9.51. The maximum atomic E-state index is 11.8. The van der Waals surface area contributed by atoms with Gasteiger partial charge in [0.05, 0.1) is 11.0 Å². The van der Waals surface area contributed by atoms with Gasteiger partial charge in [0.25, 0.3) is 0 Å². The Labute approximate surface area is 93.3 Å². The summed E-state index contributed by atoms with van der Waals surface area (Å²) < 4.78 is 0. The van der Waals surface area contributed by atoms with Crippen molar-refractivity contribution in [2.75, 3.05) is 32.0 Å². The smallest absolute Gasteiger partial charge is 0.243 e. The van der Waals surface area contributed by atoms with Gasteiger partial charge in [0.15, 0.2) is 0 Å². The lowest BCUT2D eigenvalue weighted by Crippen LogP contribution is -2.54. The van der Waals surface area contributed by atoms with Crippen LogP contribution in [0.3, 0.4) is 0 Å². The van der Waals surface area contributed by atoms with Gasteiger partial charge in [-0.3, -0.25) is 4.79 Å². The highest BCUT2D eigenvalue weighted by molar-refractivity contribution is 7.14. The van der Waals surface area contributed by atoms with E-state index in [0.717, 1.165) is 24.6 Å². The summed E-state index contributed by atoms with van der Waals surface area (Å²) in [5, 5.41) is 8.98. The van der Waals surface area contributed by atoms with Crippen LogP contribution < -0.4 is 10.6 Å². The van der Waals surface area contributed by atoms with E-state index >= 15 is 0 Å². The summed E-state index contributed by atoms with van der Waals surface area (Å²) in [6, 6.07) is 3.75. The molecule has 2 rings (SSSR count). The standard InChI is InChI=1S/C10H15N3OS/c1-13-5-4-11-8(7-13)10(14)12-9-3-2-6-15-9/h2-3,6,8,11H,4-5,7H2,1H3,(H,12,14). The van der Waals surface area contributed by atoms with Gasteiger partial charge in [-0.05, 0) is 24.6 Å². The van der Waals surface area contributed by atoms with E-state index in [1.165, 1.54) is 0 Å². The summed E-state index contributed by atoms with van der Waals surface area (Å²) in [6.07, 6.45) is 0. The summed E-state index contributed by atoms with van der Waals surface area (Å²) in [5.41, 5.74) is 0. The summed E-state index contributed by atoms with van der Waals surface area (Å²) in [5.74, 6) is 0.0593. The van der Waals surface area contributed by atoms with Crippen LogP contribution in [0, 0.1) is 0 Å². The van der Waals surface area contributed by atoms with Crippen LogP contribution in [-0.2, 0) is 4.79 Å². The molecule has 0 bridgehead atoms. The molecule has 0 aromatic carbocycles. The highest BCUT2D eigenvalue weighted by atomic mass is 32.1. The average Bonchev–Trinajstić information content (AvgIpc) is 2.70. The van der Waals surface area contributed by atoms with Crippen LogP contribution in [-0.4, -0.2) is 43.5 Å². The van der Waals surface area contributed by atoms with E-state index in [1.807, 2.05) is 24.6 Å². The van der Waals surface area contributed by atoms with Crippen LogP contribution in [0.15, 0.2) is 17.5 Å². The van der Waals surface area contributed by atoms with Crippen molar-refractivity contribution in [3.05, 3.63) is 17.5 Å². The second-order valence-corrected chi connectivity index (χ2v) is 4.68. The van der Waals surface area contributed by atoms with Crippen molar-refractivity contribution < 1.29 is 4.79 Å². The maximum absolute atomic E-state index is 11.8. The topological polar surface area (TPSA) is 44.4 Å². The zero-order chi connectivity index (χ0) is 10.7. The van der Waals surface area contributed by atoms with Gasteiger partial charge in [0.2, 0.25) is 5.91 Å². The molecule has 1 atom stereocenters. The Bertz CT molecular complexity index is 325. The van der Waals surface area contributed by atoms with Gasteiger partial charge in [-0.25, -0.2) is 0 Å². The van der Waals surface area contributed by atoms with E-state index in [4.69, 9.17) is 0 Å². The first-order valence-electron chi connectivity index (χ1n) is 5.02. The van der Waals surface area contributed by atoms with Crippen LogP contribution in [0.25, 0.3) is 0 Å². The summed E-state index contributed by atoms with van der Waals surface area (Å²) in [7, 11) is 2.03. The van der Waals surface area contributed by atoms with Crippen LogP contribution in [0.2, 0.25) is 0 Å². The van der Waals surface area contributed by atoms with Crippen LogP contribution in [0.5, 0.6) is 0 Å². The molecule has 15 heavy (non-hydrogen) atoms. The molecular weight excluding hydrogens is 210 g/mol. The monoisotopic (exact) mass is 225 g/mol. The molecule has 82 valence electrons. The van der Waals surface area contributed by atoms with E-state index in [0.29, 0.717) is 0 Å². The summed E-state index contributed by atoms with van der Waals surface area (Å²) in [4.78, 5) is 14.0. The fourth-order valence-corrected chi connectivity index (χ4v) is 2.25. The minimum Gasteiger partial charge on any atom is -0.316 e. The molecule has 0 aliphatic carbocycles. The molecule has 1 aliphatic rings. The SMILES string of the molecule is CN1CCNC(C(=O)Nc2cccs2)C1. The molecule has 5 heteroatoms. The quantitative estimate of drug-likeness (QED) is 0.774. The van der Waals surface area contributed by atoms with Gasteiger partial charge in [-0.2, -0.15) is 0 Å². The molecule has 1 aliphatic heterocycles. The number of carbonyl (C=O) groups excluding carboxylic acids is 1. The number of hydrogen-bond acceptors (Lipinski definition) is 4. The van der Waals surface area contributed by atoms with Gasteiger partial charge in [-0.1, -0.05) is 0 Å². The Morgan fingerprint density at radius 3 is 3.27 bits per heavy atom. The second kappa shape index (κ2) is 4.74.